The number of carbonyl (C=O) groups excluding carboxylic acids is 1. The number of allylic oxidation sites excluding steroid dienone is 4. The molecule has 0 N–H and O–H groups in total. The molecule has 84 valence electrons. The van der Waals surface area contributed by atoms with E-state index in [2.05, 4.69) is 12.4 Å². The summed E-state index contributed by atoms with van der Waals surface area (Å²) in [5, 5.41) is 0. The van der Waals surface area contributed by atoms with Crippen LogP contribution < -0.4 is 0 Å². The highest BCUT2D eigenvalue weighted by Gasteiger charge is 2.09. The molecule has 1 unspecified atom stereocenters. The van der Waals surface area contributed by atoms with Crippen LogP contribution in [0.3, 0.4) is 0 Å². The van der Waals surface area contributed by atoms with Gasteiger partial charge in [0.2, 0.25) is 0 Å². The first-order chi connectivity index (χ1) is 6.94. The van der Waals surface area contributed by atoms with Gasteiger partial charge in [0.15, 0.2) is 5.78 Å². The topological polar surface area (TPSA) is 43.4 Å². The fourth-order valence-electron chi connectivity index (χ4n) is 0.736. The molecule has 0 aromatic heterocycles. The van der Waals surface area contributed by atoms with Crippen LogP contribution in [0.15, 0.2) is 35.8 Å². The van der Waals surface area contributed by atoms with E-state index in [0.717, 1.165) is 0 Å². The molecule has 0 aliphatic rings. The number of carbonyl (C=O) groups is 1. The van der Waals surface area contributed by atoms with Crippen molar-refractivity contribution in [2.24, 2.45) is 0 Å². The third-order valence-corrected chi connectivity index (χ3v) is 2.99. The van der Waals surface area contributed by atoms with Crippen molar-refractivity contribution in [2.75, 3.05) is 6.61 Å². The standard InChI is InChI=1S/C11H16O3S/c1-5-7-8-11(6-2)15(4,13)14-9-10(3)12/h5-8H,2,4,9H2,1,3H3/b7-5+,11-8+. The molecular formula is C11H16O3S. The van der Waals surface area contributed by atoms with Crippen LogP contribution in [-0.4, -0.2) is 22.5 Å². The summed E-state index contributed by atoms with van der Waals surface area (Å²) in [5.74, 6) is 3.25. The Bertz CT molecular complexity index is 386. The molecule has 0 radical (unpaired) electrons. The van der Waals surface area contributed by atoms with Crippen LogP contribution in [0.5, 0.6) is 0 Å². The summed E-state index contributed by atoms with van der Waals surface area (Å²) in [4.78, 5) is 11.1. The Morgan fingerprint density at radius 1 is 1.53 bits per heavy atom. The third kappa shape index (κ3) is 5.34. The minimum atomic E-state index is -2.87. The van der Waals surface area contributed by atoms with Gasteiger partial charge in [0.25, 0.3) is 0 Å². The lowest BCUT2D eigenvalue weighted by Gasteiger charge is -2.08. The molecule has 0 aliphatic heterocycles. The van der Waals surface area contributed by atoms with Crippen LogP contribution in [0.1, 0.15) is 13.8 Å². The molecule has 0 bridgehead atoms. The van der Waals surface area contributed by atoms with Gasteiger partial charge in [0.1, 0.15) is 16.4 Å². The zero-order valence-electron chi connectivity index (χ0n) is 9.06. The summed E-state index contributed by atoms with van der Waals surface area (Å²) in [7, 11) is -2.87. The monoisotopic (exact) mass is 228 g/mol. The Morgan fingerprint density at radius 2 is 2.13 bits per heavy atom. The second-order valence-electron chi connectivity index (χ2n) is 2.88. The average Bonchev–Trinajstić information content (AvgIpc) is 2.16. The largest absolute Gasteiger partial charge is 0.297 e. The summed E-state index contributed by atoms with van der Waals surface area (Å²) in [6, 6.07) is 0. The lowest BCUT2D eigenvalue weighted by Crippen LogP contribution is -2.12. The number of hydrogen-bond donors (Lipinski definition) is 0. The maximum absolute atomic E-state index is 11.9. The van der Waals surface area contributed by atoms with Crippen molar-refractivity contribution in [2.45, 2.75) is 13.8 Å². The first-order valence-corrected chi connectivity index (χ1v) is 6.05. The molecule has 0 aromatic carbocycles. The van der Waals surface area contributed by atoms with Gasteiger partial charge in [-0.3, -0.25) is 8.98 Å². The molecule has 15 heavy (non-hydrogen) atoms. The van der Waals surface area contributed by atoms with Gasteiger partial charge in [-0.05, 0) is 25.8 Å². The van der Waals surface area contributed by atoms with Crippen LogP contribution >= 0.6 is 0 Å². The Labute approximate surface area is 91.3 Å². The minimum absolute atomic E-state index is 0.194. The van der Waals surface area contributed by atoms with Gasteiger partial charge in [-0.2, -0.15) is 0 Å². The van der Waals surface area contributed by atoms with E-state index >= 15 is 0 Å². The quantitative estimate of drug-likeness (QED) is 0.515. The Balaban J connectivity index is 4.83. The van der Waals surface area contributed by atoms with Crippen molar-refractivity contribution in [3.05, 3.63) is 35.8 Å². The van der Waals surface area contributed by atoms with Gasteiger partial charge in [0, 0.05) is 0 Å². The van der Waals surface area contributed by atoms with E-state index in [1.807, 2.05) is 6.92 Å². The van der Waals surface area contributed by atoms with Crippen LogP contribution in [0.4, 0.5) is 0 Å². The maximum Gasteiger partial charge on any atom is 0.156 e. The molecule has 3 nitrogen and oxygen atoms in total. The van der Waals surface area contributed by atoms with Crippen molar-refractivity contribution in [1.82, 2.24) is 0 Å². The summed E-state index contributed by atoms with van der Waals surface area (Å²) < 4.78 is 16.8. The average molecular weight is 228 g/mol. The highest BCUT2D eigenvalue weighted by Crippen LogP contribution is 2.10. The van der Waals surface area contributed by atoms with Crippen LogP contribution in [0.2, 0.25) is 0 Å². The van der Waals surface area contributed by atoms with Crippen LogP contribution in [-0.2, 0) is 18.8 Å². The fraction of sp³-hybridized carbons (Fsp3) is 0.273. The van der Waals surface area contributed by atoms with Crippen molar-refractivity contribution in [3.63, 3.8) is 0 Å². The molecule has 0 fully saturated rings. The summed E-state index contributed by atoms with van der Waals surface area (Å²) in [5.41, 5.74) is 0. The molecule has 0 spiro atoms. The second kappa shape index (κ2) is 6.37. The van der Waals surface area contributed by atoms with E-state index in [4.69, 9.17) is 4.18 Å². The predicted molar refractivity (Wildman–Crippen MR) is 65.0 cm³/mol. The highest BCUT2D eigenvalue weighted by atomic mass is 32.2. The summed E-state index contributed by atoms with van der Waals surface area (Å²) in [6.45, 7) is 6.51. The molecule has 1 atom stereocenters. The molecule has 4 heteroatoms. The van der Waals surface area contributed by atoms with Gasteiger partial charge < -0.3 is 0 Å². The molecular weight excluding hydrogens is 212 g/mol. The van der Waals surface area contributed by atoms with Crippen LogP contribution in [0.25, 0.3) is 0 Å². The molecule has 0 amide bonds. The fourth-order valence-corrected chi connectivity index (χ4v) is 1.77. The zero-order chi connectivity index (χ0) is 11.9. The number of rotatable bonds is 6. The summed E-state index contributed by atoms with van der Waals surface area (Å²) >= 11 is 0. The van der Waals surface area contributed by atoms with Gasteiger partial charge >= 0.3 is 0 Å². The number of ketones is 1. The molecule has 0 saturated heterocycles. The molecule has 0 rings (SSSR count). The first-order valence-electron chi connectivity index (χ1n) is 4.40. The molecule has 0 aliphatic carbocycles. The SMILES string of the molecule is C=C/C(=C\C=C\C)S(=C)(=O)OCC(C)=O. The Kier molecular flexibility index (Phi) is 5.89. The number of hydrogen-bond acceptors (Lipinski definition) is 3. The second-order valence-corrected chi connectivity index (χ2v) is 4.81. The van der Waals surface area contributed by atoms with Gasteiger partial charge in [-0.1, -0.05) is 24.8 Å². The normalized spacial score (nSPS) is 16.3. The predicted octanol–water partition coefficient (Wildman–Crippen LogP) is 1.87. The van der Waals surface area contributed by atoms with Gasteiger partial charge in [-0.25, -0.2) is 4.21 Å². The lowest BCUT2D eigenvalue weighted by atomic mass is 10.4. The van der Waals surface area contributed by atoms with E-state index < -0.39 is 9.80 Å². The Hall–Kier alpha value is -1.13. The highest BCUT2D eigenvalue weighted by molar-refractivity contribution is 7.99. The van der Waals surface area contributed by atoms with E-state index in [9.17, 15) is 9.00 Å². The third-order valence-electron chi connectivity index (χ3n) is 1.47. The number of Topliss-reactive ketones (excluding diaryl/α,β-unsaturated/α-hetero) is 1. The Morgan fingerprint density at radius 3 is 2.53 bits per heavy atom. The van der Waals surface area contributed by atoms with Crippen molar-refractivity contribution in [3.8, 4) is 0 Å². The van der Waals surface area contributed by atoms with Crippen molar-refractivity contribution in [1.29, 1.82) is 0 Å². The van der Waals surface area contributed by atoms with E-state index in [1.54, 1.807) is 18.2 Å². The lowest BCUT2D eigenvalue weighted by molar-refractivity contribution is -0.118. The van der Waals surface area contributed by atoms with Gasteiger partial charge in [0.05, 0.1) is 4.91 Å². The van der Waals surface area contributed by atoms with E-state index in [-0.39, 0.29) is 12.4 Å². The van der Waals surface area contributed by atoms with E-state index in [1.165, 1.54) is 13.0 Å². The summed E-state index contributed by atoms with van der Waals surface area (Å²) in [6.07, 6.45) is 6.50. The van der Waals surface area contributed by atoms with E-state index in [0.29, 0.717) is 4.91 Å². The molecule has 0 aromatic rings. The van der Waals surface area contributed by atoms with Crippen molar-refractivity contribution < 1.29 is 13.2 Å². The minimum Gasteiger partial charge on any atom is -0.297 e. The van der Waals surface area contributed by atoms with Crippen LogP contribution in [0, 0.1) is 0 Å². The smallest absolute Gasteiger partial charge is 0.156 e. The molecule has 0 saturated carbocycles. The maximum atomic E-state index is 11.9. The molecule has 0 heterocycles. The van der Waals surface area contributed by atoms with Crippen molar-refractivity contribution >= 4 is 21.5 Å². The van der Waals surface area contributed by atoms with Gasteiger partial charge in [-0.15, -0.1) is 0 Å². The first kappa shape index (κ1) is 13.9. The zero-order valence-corrected chi connectivity index (χ0v) is 9.88.